The average Bonchev–Trinajstić information content (AvgIpc) is 3.32. The maximum Gasteiger partial charge on any atom is 0.119 e. The zero-order valence-electron chi connectivity index (χ0n) is 57.1. The Labute approximate surface area is 521 Å². The van der Waals surface area contributed by atoms with Crippen LogP contribution in [0.4, 0.5) is 0 Å². The molecule has 2 aromatic carbocycles. The van der Waals surface area contributed by atoms with Gasteiger partial charge < -0.3 is 48.1 Å². The summed E-state index contributed by atoms with van der Waals surface area (Å²) in [4.78, 5) is 0. The van der Waals surface area contributed by atoms with E-state index in [0.717, 1.165) is 72.2 Å². The van der Waals surface area contributed by atoms with Gasteiger partial charge in [0.15, 0.2) is 0 Å². The highest BCUT2D eigenvalue weighted by molar-refractivity contribution is 9.09. The van der Waals surface area contributed by atoms with Crippen LogP contribution >= 0.6 is 31.9 Å². The highest BCUT2D eigenvalue weighted by Gasteiger charge is 2.48. The fraction of sp³-hybridized carbons (Fsp3) is 0.829. The Kier molecular flexibility index (Phi) is 32.5. The molecule has 0 heterocycles. The highest BCUT2D eigenvalue weighted by Crippen LogP contribution is 2.51. The molecular formula is C70H126Br2O10. The van der Waals surface area contributed by atoms with Gasteiger partial charge in [0.1, 0.15) is 11.5 Å². The van der Waals surface area contributed by atoms with Gasteiger partial charge in [-0.3, -0.25) is 0 Å². The molecule has 0 saturated carbocycles. The van der Waals surface area contributed by atoms with Crippen molar-refractivity contribution in [2.24, 2.45) is 65.0 Å². The molecular weight excluding hydrogens is 1160 g/mol. The largest absolute Gasteiger partial charge is 0.493 e. The predicted octanol–water partition coefficient (Wildman–Crippen LogP) is 17.9. The quantitative estimate of drug-likeness (QED) is 0.0519. The molecule has 0 aliphatic heterocycles. The lowest BCUT2D eigenvalue weighted by Gasteiger charge is -2.47. The Bertz CT molecular complexity index is 1860. The fourth-order valence-corrected chi connectivity index (χ4v) is 13.4. The van der Waals surface area contributed by atoms with E-state index in [-0.39, 0.29) is 78.2 Å². The average molecular weight is 1290 g/mol. The van der Waals surface area contributed by atoms with E-state index >= 15 is 0 Å². The van der Waals surface area contributed by atoms with Crippen molar-refractivity contribution >= 4 is 31.9 Å². The molecule has 10 nitrogen and oxygen atoms in total. The van der Waals surface area contributed by atoms with Crippen LogP contribution in [0, 0.1) is 65.0 Å². The second-order valence-electron chi connectivity index (χ2n) is 33.0. The number of alkyl halides is 2. The van der Waals surface area contributed by atoms with E-state index in [1.54, 1.807) is 0 Å². The minimum Gasteiger partial charge on any atom is -0.493 e. The number of rotatable bonds is 34. The molecule has 0 fully saturated rings. The third-order valence-corrected chi connectivity index (χ3v) is 18.7. The monoisotopic (exact) mass is 1280 g/mol. The number of halogens is 2. The summed E-state index contributed by atoms with van der Waals surface area (Å²) in [6.45, 7) is 63.1. The van der Waals surface area contributed by atoms with E-state index in [2.05, 4.69) is 198 Å². The van der Waals surface area contributed by atoms with Gasteiger partial charge in [-0.1, -0.05) is 222 Å². The molecule has 0 aliphatic rings. The molecule has 2 N–H and O–H groups in total. The third-order valence-electron chi connectivity index (χ3n) is 16.6. The van der Waals surface area contributed by atoms with Crippen LogP contribution in [0.2, 0.25) is 0 Å². The zero-order valence-corrected chi connectivity index (χ0v) is 60.3. The molecule has 2 rings (SSSR count). The van der Waals surface area contributed by atoms with Gasteiger partial charge in [0.25, 0.3) is 0 Å². The first-order chi connectivity index (χ1) is 37.4. The Hall–Kier alpha value is -1.32. The number of aliphatic hydroxyl groups is 2. The molecule has 82 heavy (non-hydrogen) atoms. The molecule has 12 heteroatoms. The van der Waals surface area contributed by atoms with Crippen molar-refractivity contribution in [2.45, 2.75) is 205 Å². The first-order valence-corrected chi connectivity index (χ1v) is 32.9. The van der Waals surface area contributed by atoms with Gasteiger partial charge in [-0.25, -0.2) is 0 Å². The van der Waals surface area contributed by atoms with Crippen molar-refractivity contribution in [1.29, 1.82) is 0 Å². The second kappa shape index (κ2) is 33.9. The summed E-state index contributed by atoms with van der Waals surface area (Å²) in [6.07, 6.45) is 4.10. The van der Waals surface area contributed by atoms with Crippen LogP contribution in [0.25, 0.3) is 0 Å². The summed E-state index contributed by atoms with van der Waals surface area (Å²) in [7, 11) is 0. The van der Waals surface area contributed by atoms with Crippen molar-refractivity contribution in [3.8, 4) is 11.5 Å². The van der Waals surface area contributed by atoms with E-state index in [4.69, 9.17) is 37.9 Å². The topological polar surface area (TPSA) is 114 Å². The lowest BCUT2D eigenvalue weighted by Crippen LogP contribution is -2.47. The molecule has 2 aromatic rings. The summed E-state index contributed by atoms with van der Waals surface area (Å²) in [5.41, 5.74) is 2.30. The summed E-state index contributed by atoms with van der Waals surface area (Å²) >= 11 is 7.59. The Morgan fingerprint density at radius 1 is 0.293 bits per heavy atom. The molecule has 0 bridgehead atoms. The Balaban J connectivity index is 0.000000889. The van der Waals surface area contributed by atoms with Crippen molar-refractivity contribution in [3.05, 3.63) is 59.7 Å². The number of aliphatic hydroxyl groups excluding tert-OH is 2. The van der Waals surface area contributed by atoms with Crippen LogP contribution < -0.4 is 9.47 Å². The van der Waals surface area contributed by atoms with Crippen LogP contribution in [0.15, 0.2) is 48.5 Å². The SMILES string of the molecule is CC(C)(C)CC(CBr)(COCCOCCOCC(CBr)(CC(C)(C)C)C(C)(C)C)C(C)(C)C.CC(C)(C)CC(COCCOCCOCC(COc1ccc(CO)cc1)(CC(C)(C)C)C(C)(C)C)(COc1ccc(CO)cc1)C(C)(C)C. The lowest BCUT2D eigenvalue weighted by molar-refractivity contribution is -0.0955. The maximum absolute atomic E-state index is 9.41. The third kappa shape index (κ3) is 28.7. The number of hydrogen-bond acceptors (Lipinski definition) is 10. The van der Waals surface area contributed by atoms with E-state index in [0.29, 0.717) is 79.3 Å². The van der Waals surface area contributed by atoms with Crippen LogP contribution in [-0.2, 0) is 41.6 Å². The van der Waals surface area contributed by atoms with Gasteiger partial charge >= 0.3 is 0 Å². The fourth-order valence-electron chi connectivity index (χ4n) is 11.0. The predicted molar refractivity (Wildman–Crippen MR) is 352 cm³/mol. The van der Waals surface area contributed by atoms with E-state index in [1.807, 2.05) is 48.5 Å². The first kappa shape index (κ1) is 78.7. The van der Waals surface area contributed by atoms with E-state index in [1.165, 1.54) is 0 Å². The highest BCUT2D eigenvalue weighted by atomic mass is 79.9. The summed E-state index contributed by atoms with van der Waals surface area (Å²) < 4.78 is 49.5. The molecule has 0 radical (unpaired) electrons. The van der Waals surface area contributed by atoms with Crippen molar-refractivity contribution in [3.63, 3.8) is 0 Å². The summed E-state index contributed by atoms with van der Waals surface area (Å²) in [6, 6.07) is 15.3. The van der Waals surface area contributed by atoms with Crippen molar-refractivity contribution in [1.82, 2.24) is 0 Å². The molecule has 4 unspecified atom stereocenters. The molecule has 0 amide bonds. The molecule has 0 saturated heterocycles. The van der Waals surface area contributed by atoms with E-state index in [9.17, 15) is 10.2 Å². The number of ether oxygens (including phenoxy) is 8. The standard InChI is InChI=1S/C42H70O7.C28H56Br2O3/c1-37(2,3)27-41(39(7,8)9,31-48-35-17-13-33(25-43)14-18-35)29-46-23-21-45-22-24-47-30-42(40(10,11)12,28-38(4,5)6)32-49-36-19-15-34(26-44)16-20-36;1-23(2,3)17-27(19-29,25(7,8)9)21-32-15-13-31-14-16-33-22-28(20-30,26(10,11)12)18-24(4,5)6/h13-20,43-44H,21-32H2,1-12H3;13-22H2,1-12H3. The normalized spacial score (nSPS) is 16.3. The molecule has 480 valence electrons. The van der Waals surface area contributed by atoms with Gasteiger partial charge in [0.05, 0.1) is 106 Å². The molecule has 0 aromatic heterocycles. The number of benzene rings is 2. The van der Waals surface area contributed by atoms with Crippen molar-refractivity contribution in [2.75, 3.05) is 103 Å². The van der Waals surface area contributed by atoms with E-state index < -0.39 is 0 Å². The van der Waals surface area contributed by atoms with Crippen LogP contribution in [0.1, 0.15) is 203 Å². The summed E-state index contributed by atoms with van der Waals surface area (Å²) in [5, 5.41) is 20.7. The van der Waals surface area contributed by atoms with Crippen LogP contribution in [0.5, 0.6) is 11.5 Å². The lowest BCUT2D eigenvalue weighted by atomic mass is 9.61. The smallest absolute Gasteiger partial charge is 0.119 e. The molecule has 4 atom stereocenters. The molecule has 0 spiro atoms. The molecule has 0 aliphatic carbocycles. The minimum absolute atomic E-state index is 0.0186. The van der Waals surface area contributed by atoms with Gasteiger partial charge in [0.2, 0.25) is 0 Å². The number of hydrogen-bond donors (Lipinski definition) is 2. The Morgan fingerprint density at radius 3 is 0.695 bits per heavy atom. The maximum atomic E-state index is 9.41. The van der Waals surface area contributed by atoms with Crippen LogP contribution in [-0.4, -0.2) is 113 Å². The zero-order chi connectivity index (χ0) is 63.2. The van der Waals surface area contributed by atoms with Gasteiger partial charge in [-0.2, -0.15) is 0 Å². The minimum atomic E-state index is -0.226. The van der Waals surface area contributed by atoms with Gasteiger partial charge in [-0.15, -0.1) is 0 Å². The van der Waals surface area contributed by atoms with Gasteiger partial charge in [-0.05, 0) is 104 Å². The summed E-state index contributed by atoms with van der Waals surface area (Å²) in [5.74, 6) is 1.59. The first-order valence-electron chi connectivity index (χ1n) is 30.6. The second-order valence-corrected chi connectivity index (χ2v) is 34.1. The Morgan fingerprint density at radius 2 is 0.500 bits per heavy atom. The van der Waals surface area contributed by atoms with Crippen molar-refractivity contribution < 1.29 is 48.1 Å². The van der Waals surface area contributed by atoms with Crippen LogP contribution in [0.3, 0.4) is 0 Å². The van der Waals surface area contributed by atoms with Gasteiger partial charge in [0, 0.05) is 32.3 Å².